The molecule has 3 fully saturated rings. The maximum atomic E-state index is 6.22. The quantitative estimate of drug-likeness (QED) is 0.330. The van der Waals surface area contributed by atoms with Crippen molar-refractivity contribution >= 4 is 0 Å². The number of hydrogen-bond acceptors (Lipinski definition) is 4. The first-order valence-electron chi connectivity index (χ1n) is 13.6. The highest BCUT2D eigenvalue weighted by Gasteiger charge is 2.44. The van der Waals surface area contributed by atoms with E-state index < -0.39 is 0 Å². The molecule has 0 aromatic rings. The second kappa shape index (κ2) is 14.1. The molecule has 6 atom stereocenters. The van der Waals surface area contributed by atoms with Crippen LogP contribution in [0.25, 0.3) is 0 Å². The molecule has 2 aliphatic heterocycles. The third-order valence-corrected chi connectivity index (χ3v) is 7.83. The zero-order valence-electron chi connectivity index (χ0n) is 20.0. The molecule has 4 heteroatoms. The van der Waals surface area contributed by atoms with Crippen molar-refractivity contribution in [3.63, 3.8) is 0 Å². The van der Waals surface area contributed by atoms with Gasteiger partial charge in [-0.25, -0.2) is 0 Å². The third-order valence-electron chi connectivity index (χ3n) is 7.83. The topological polar surface area (TPSA) is 42.5 Å². The molecular formula is C26H50N2O2. The van der Waals surface area contributed by atoms with Crippen molar-refractivity contribution in [2.45, 2.75) is 141 Å². The maximum Gasteiger partial charge on any atom is 0.108 e. The lowest BCUT2D eigenvalue weighted by Crippen LogP contribution is -2.60. The molecule has 0 bridgehead atoms. The molecule has 0 aromatic carbocycles. The number of piperidine rings is 2. The molecule has 0 aromatic heterocycles. The van der Waals surface area contributed by atoms with Gasteiger partial charge in [-0.2, -0.15) is 0 Å². The molecule has 0 radical (unpaired) electrons. The molecule has 1 aliphatic carbocycles. The Balaban J connectivity index is 1.30. The number of unbranched alkanes of at least 4 members (excludes halogenated alkanes) is 8. The van der Waals surface area contributed by atoms with E-state index in [1.54, 1.807) is 0 Å². The van der Waals surface area contributed by atoms with Crippen LogP contribution < -0.4 is 10.6 Å². The second-order valence-corrected chi connectivity index (χ2v) is 10.2. The van der Waals surface area contributed by atoms with Crippen molar-refractivity contribution in [3.8, 4) is 0 Å². The highest BCUT2D eigenvalue weighted by Crippen LogP contribution is 2.41. The molecule has 6 unspecified atom stereocenters. The molecule has 176 valence electrons. The van der Waals surface area contributed by atoms with E-state index >= 15 is 0 Å². The predicted octanol–water partition coefficient (Wildman–Crippen LogP) is 6.14. The van der Waals surface area contributed by atoms with Gasteiger partial charge < -0.3 is 9.47 Å². The number of rotatable bonds is 14. The van der Waals surface area contributed by atoms with Gasteiger partial charge in [0.25, 0.3) is 0 Å². The van der Waals surface area contributed by atoms with Crippen LogP contribution in [0.5, 0.6) is 0 Å². The van der Waals surface area contributed by atoms with Crippen LogP contribution in [0.3, 0.4) is 0 Å². The Morgan fingerprint density at radius 3 is 1.47 bits per heavy atom. The summed E-state index contributed by atoms with van der Waals surface area (Å²) in [6, 6.07) is 1.34. The summed E-state index contributed by atoms with van der Waals surface area (Å²) in [4.78, 5) is 0. The molecule has 4 nitrogen and oxygen atoms in total. The fourth-order valence-electron chi connectivity index (χ4n) is 6.09. The van der Waals surface area contributed by atoms with Crippen LogP contribution in [-0.2, 0) is 9.47 Å². The summed E-state index contributed by atoms with van der Waals surface area (Å²) in [7, 11) is 0. The van der Waals surface area contributed by atoms with Crippen LogP contribution in [0.2, 0.25) is 0 Å². The average Bonchev–Trinajstić information content (AvgIpc) is 2.78. The van der Waals surface area contributed by atoms with Crippen LogP contribution in [0.15, 0.2) is 0 Å². The zero-order valence-corrected chi connectivity index (χ0v) is 20.0. The third kappa shape index (κ3) is 7.76. The van der Waals surface area contributed by atoms with Crippen LogP contribution in [0.4, 0.5) is 0 Å². The van der Waals surface area contributed by atoms with Crippen molar-refractivity contribution < 1.29 is 9.47 Å². The van der Waals surface area contributed by atoms with Gasteiger partial charge in [-0.3, -0.25) is 10.6 Å². The molecule has 1 saturated carbocycles. The summed E-state index contributed by atoms with van der Waals surface area (Å²) >= 11 is 0. The van der Waals surface area contributed by atoms with E-state index in [0.717, 1.165) is 25.0 Å². The Hall–Kier alpha value is -0.160. The second-order valence-electron chi connectivity index (χ2n) is 10.2. The lowest BCUT2D eigenvalue weighted by atomic mass is 9.66. The molecule has 0 amide bonds. The number of nitrogens with one attached hydrogen (secondary N) is 2. The zero-order chi connectivity index (χ0) is 21.0. The van der Waals surface area contributed by atoms with Crippen LogP contribution in [0, 0.1) is 11.8 Å². The monoisotopic (exact) mass is 422 g/mol. The van der Waals surface area contributed by atoms with E-state index in [1.807, 2.05) is 0 Å². The molecule has 3 aliphatic rings. The number of hydrogen-bond donors (Lipinski definition) is 2. The van der Waals surface area contributed by atoms with E-state index in [4.69, 9.17) is 9.47 Å². The largest absolute Gasteiger partial charge is 0.363 e. The van der Waals surface area contributed by atoms with Crippen molar-refractivity contribution in [1.82, 2.24) is 10.6 Å². The fraction of sp³-hybridized carbons (Fsp3) is 1.00. The van der Waals surface area contributed by atoms with Crippen LogP contribution in [-0.4, -0.2) is 37.8 Å². The maximum absolute atomic E-state index is 6.22. The van der Waals surface area contributed by atoms with Gasteiger partial charge in [-0.15, -0.1) is 0 Å². The van der Waals surface area contributed by atoms with E-state index in [0.29, 0.717) is 24.5 Å². The molecular weight excluding hydrogens is 372 g/mol. The highest BCUT2D eigenvalue weighted by atomic mass is 16.5. The summed E-state index contributed by atoms with van der Waals surface area (Å²) in [5, 5.41) is 7.76. The van der Waals surface area contributed by atoms with Crippen molar-refractivity contribution in [1.29, 1.82) is 0 Å². The minimum Gasteiger partial charge on any atom is -0.363 e. The van der Waals surface area contributed by atoms with E-state index in [-0.39, 0.29) is 0 Å². The van der Waals surface area contributed by atoms with Gasteiger partial charge in [0.1, 0.15) is 12.5 Å². The van der Waals surface area contributed by atoms with Gasteiger partial charge >= 0.3 is 0 Å². The number of ether oxygens (including phenoxy) is 2. The Labute approximate surface area is 186 Å². The van der Waals surface area contributed by atoms with Crippen LogP contribution in [0.1, 0.15) is 117 Å². The van der Waals surface area contributed by atoms with Crippen molar-refractivity contribution in [2.24, 2.45) is 11.8 Å². The Morgan fingerprint density at radius 2 is 0.967 bits per heavy atom. The van der Waals surface area contributed by atoms with Gasteiger partial charge in [-0.05, 0) is 63.2 Å². The molecule has 2 saturated heterocycles. The van der Waals surface area contributed by atoms with Crippen LogP contribution >= 0.6 is 0 Å². The first-order valence-corrected chi connectivity index (χ1v) is 13.6. The Kier molecular flexibility index (Phi) is 11.5. The average molecular weight is 423 g/mol. The van der Waals surface area contributed by atoms with Gasteiger partial charge in [0.15, 0.2) is 0 Å². The summed E-state index contributed by atoms with van der Waals surface area (Å²) in [6.45, 7) is 6.42. The van der Waals surface area contributed by atoms with Gasteiger partial charge in [0.2, 0.25) is 0 Å². The Morgan fingerprint density at radius 1 is 0.533 bits per heavy atom. The van der Waals surface area contributed by atoms with Gasteiger partial charge in [0.05, 0.1) is 0 Å². The standard InChI is InChI=1S/C26H50N2O2/c1-3-5-7-9-10-12-20-30-26-18-14-22-21-13-17-25(29-19-11-8-6-4-2)27-23(21)15-16-24(22)28-26/h21-28H,3-20H2,1-2H3. The van der Waals surface area contributed by atoms with E-state index in [2.05, 4.69) is 24.5 Å². The number of fused-ring (bicyclic) bond motifs is 3. The summed E-state index contributed by atoms with van der Waals surface area (Å²) in [5.41, 5.74) is 0. The molecule has 3 rings (SSSR count). The SMILES string of the molecule is CCCCCCCCOC1CCC2C(CCC3NC(OCCCCCC)CCC32)N1. The highest BCUT2D eigenvalue weighted by molar-refractivity contribution is 4.99. The lowest BCUT2D eigenvalue weighted by molar-refractivity contribution is -0.0692. The lowest BCUT2D eigenvalue weighted by Gasteiger charge is -2.51. The van der Waals surface area contributed by atoms with Gasteiger partial charge in [-0.1, -0.05) is 65.2 Å². The molecule has 2 N–H and O–H groups in total. The first kappa shape index (κ1) is 24.5. The summed E-state index contributed by atoms with van der Waals surface area (Å²) < 4.78 is 12.4. The molecule has 0 spiro atoms. The minimum absolute atomic E-state index is 0.300. The van der Waals surface area contributed by atoms with Gasteiger partial charge in [0, 0.05) is 25.3 Å². The normalized spacial score (nSPS) is 33.8. The summed E-state index contributed by atoms with van der Waals surface area (Å²) in [5.74, 6) is 1.66. The molecule has 2 heterocycles. The minimum atomic E-state index is 0.300. The van der Waals surface area contributed by atoms with E-state index in [1.165, 1.54) is 103 Å². The smallest absolute Gasteiger partial charge is 0.108 e. The van der Waals surface area contributed by atoms with E-state index in [9.17, 15) is 0 Å². The fourth-order valence-corrected chi connectivity index (χ4v) is 6.09. The summed E-state index contributed by atoms with van der Waals surface area (Å²) in [6.07, 6.45) is 21.4. The Bertz CT molecular complexity index is 447. The first-order chi connectivity index (χ1) is 14.8. The molecule has 30 heavy (non-hydrogen) atoms. The van der Waals surface area contributed by atoms with Crippen molar-refractivity contribution in [2.75, 3.05) is 13.2 Å². The predicted molar refractivity (Wildman–Crippen MR) is 126 cm³/mol. The van der Waals surface area contributed by atoms with Crippen molar-refractivity contribution in [3.05, 3.63) is 0 Å².